The van der Waals surface area contributed by atoms with Gasteiger partial charge in [0.15, 0.2) is 0 Å². The van der Waals surface area contributed by atoms with Gasteiger partial charge in [-0.1, -0.05) is 29.3 Å². The van der Waals surface area contributed by atoms with Gasteiger partial charge in [-0.05, 0) is 31.7 Å². The largest absolute Gasteiger partial charge is 0.481 e. The van der Waals surface area contributed by atoms with E-state index >= 15 is 0 Å². The molecule has 4 heteroatoms. The van der Waals surface area contributed by atoms with Crippen LogP contribution in [0.2, 0.25) is 0 Å². The Morgan fingerprint density at radius 2 is 2.22 bits per heavy atom. The molecule has 0 aliphatic carbocycles. The van der Waals surface area contributed by atoms with Crippen LogP contribution in [0.5, 0.6) is 5.88 Å². The van der Waals surface area contributed by atoms with E-state index in [2.05, 4.69) is 45.7 Å². The van der Waals surface area contributed by atoms with Crippen LogP contribution in [-0.4, -0.2) is 24.7 Å². The third-order valence-electron chi connectivity index (χ3n) is 3.81. The van der Waals surface area contributed by atoms with E-state index in [1.54, 1.807) is 7.11 Å². The van der Waals surface area contributed by atoms with Gasteiger partial charge in [0, 0.05) is 23.1 Å². The minimum atomic E-state index is 0.555. The number of hydrogen-bond donors (Lipinski definition) is 0. The number of pyridine rings is 1. The number of methoxy groups -OCH3 is 1. The van der Waals surface area contributed by atoms with Gasteiger partial charge < -0.3 is 9.64 Å². The number of ether oxygens (including phenoxy) is 1. The number of nitrogens with zero attached hydrogens (tertiary/aromatic N) is 2. The van der Waals surface area contributed by atoms with E-state index in [4.69, 9.17) is 4.74 Å². The fourth-order valence-corrected chi connectivity index (χ4v) is 2.95. The maximum Gasteiger partial charge on any atom is 0.216 e. The molecule has 0 unspecified atom stereocenters. The van der Waals surface area contributed by atoms with Crippen LogP contribution in [0.25, 0.3) is 0 Å². The molecule has 1 fully saturated rings. The van der Waals surface area contributed by atoms with Gasteiger partial charge in [0.1, 0.15) is 5.82 Å². The number of hydrogen-bond acceptors (Lipinski definition) is 3. The van der Waals surface area contributed by atoms with Crippen LogP contribution in [0.15, 0.2) is 16.6 Å². The van der Waals surface area contributed by atoms with E-state index in [1.165, 1.54) is 19.3 Å². The van der Waals surface area contributed by atoms with Crippen molar-refractivity contribution in [2.45, 2.75) is 39.2 Å². The predicted octanol–water partition coefficient (Wildman–Crippen LogP) is 3.87. The number of piperidine rings is 1. The summed E-state index contributed by atoms with van der Waals surface area (Å²) < 4.78 is 6.27. The monoisotopic (exact) mass is 312 g/mol. The maximum atomic E-state index is 5.25. The minimum absolute atomic E-state index is 0.555. The highest BCUT2D eigenvalue weighted by Crippen LogP contribution is 2.30. The molecule has 1 aromatic rings. The lowest BCUT2D eigenvalue weighted by atomic mass is 9.91. The van der Waals surface area contributed by atoms with Gasteiger partial charge in [-0.15, -0.1) is 0 Å². The van der Waals surface area contributed by atoms with Crippen molar-refractivity contribution in [3.8, 4) is 5.88 Å². The van der Waals surface area contributed by atoms with E-state index < -0.39 is 0 Å². The number of aromatic nitrogens is 1. The Labute approximate surface area is 118 Å². The maximum absolute atomic E-state index is 5.25. The fraction of sp³-hybridized carbons (Fsp3) is 0.643. The smallest absolute Gasteiger partial charge is 0.216 e. The third-order valence-corrected chi connectivity index (χ3v) is 4.27. The molecule has 2 atom stereocenters. The lowest BCUT2D eigenvalue weighted by Gasteiger charge is -2.38. The molecule has 0 amide bonds. The Morgan fingerprint density at radius 1 is 1.44 bits per heavy atom. The Kier molecular flexibility index (Phi) is 4.49. The highest BCUT2D eigenvalue weighted by molar-refractivity contribution is 9.10. The van der Waals surface area contributed by atoms with E-state index in [9.17, 15) is 0 Å². The number of anilines is 1. The summed E-state index contributed by atoms with van der Waals surface area (Å²) >= 11 is 3.53. The second kappa shape index (κ2) is 5.91. The van der Waals surface area contributed by atoms with E-state index in [0.717, 1.165) is 22.8 Å². The van der Waals surface area contributed by atoms with Crippen LogP contribution in [0.3, 0.4) is 0 Å². The normalized spacial score (nSPS) is 24.1. The Hall–Kier alpha value is -0.770. The van der Waals surface area contributed by atoms with Gasteiger partial charge in [0.05, 0.1) is 7.11 Å². The van der Waals surface area contributed by atoms with Crippen molar-refractivity contribution < 1.29 is 4.74 Å². The van der Waals surface area contributed by atoms with E-state index in [1.807, 2.05) is 6.07 Å². The molecule has 18 heavy (non-hydrogen) atoms. The second-order valence-electron chi connectivity index (χ2n) is 5.04. The lowest BCUT2D eigenvalue weighted by molar-refractivity contribution is 0.354. The summed E-state index contributed by atoms with van der Waals surface area (Å²) in [5.74, 6) is 2.48. The van der Waals surface area contributed by atoms with Crippen molar-refractivity contribution in [3.63, 3.8) is 0 Å². The molecule has 0 saturated carbocycles. The van der Waals surface area contributed by atoms with E-state index in [-0.39, 0.29) is 0 Å². The van der Waals surface area contributed by atoms with Crippen LogP contribution in [0, 0.1) is 5.92 Å². The summed E-state index contributed by atoms with van der Waals surface area (Å²) in [6.07, 6.45) is 3.82. The summed E-state index contributed by atoms with van der Waals surface area (Å²) in [4.78, 5) is 6.98. The average Bonchev–Trinajstić information content (AvgIpc) is 2.38. The predicted molar refractivity (Wildman–Crippen MR) is 78.3 cm³/mol. The summed E-state index contributed by atoms with van der Waals surface area (Å²) in [7, 11) is 1.66. The molecule has 3 nitrogen and oxygen atoms in total. The number of rotatable bonds is 3. The first kappa shape index (κ1) is 13.7. The standard InChI is InChI=1S/C14H21BrN2O/c1-4-11-6-5-10(2)17(9-11)13-7-12(15)8-14(16-13)18-3/h7-8,10-11H,4-6,9H2,1-3H3/t10-,11-/m1/s1. The molecule has 1 aliphatic rings. The highest BCUT2D eigenvalue weighted by atomic mass is 79.9. The average molecular weight is 313 g/mol. The Morgan fingerprint density at radius 3 is 2.89 bits per heavy atom. The zero-order chi connectivity index (χ0) is 13.1. The van der Waals surface area contributed by atoms with Crippen LogP contribution < -0.4 is 9.64 Å². The van der Waals surface area contributed by atoms with Crippen molar-refractivity contribution in [2.75, 3.05) is 18.6 Å². The zero-order valence-electron chi connectivity index (χ0n) is 11.3. The van der Waals surface area contributed by atoms with Gasteiger partial charge in [-0.2, -0.15) is 4.98 Å². The Bertz CT molecular complexity index is 411. The van der Waals surface area contributed by atoms with Gasteiger partial charge >= 0.3 is 0 Å². The Balaban J connectivity index is 2.25. The van der Waals surface area contributed by atoms with E-state index in [0.29, 0.717) is 11.9 Å². The van der Waals surface area contributed by atoms with Crippen LogP contribution >= 0.6 is 15.9 Å². The summed E-state index contributed by atoms with van der Waals surface area (Å²) in [5, 5.41) is 0. The van der Waals surface area contributed by atoms with Crippen molar-refractivity contribution in [1.29, 1.82) is 0 Å². The molecule has 0 aromatic carbocycles. The summed E-state index contributed by atoms with van der Waals surface area (Å²) in [5.41, 5.74) is 0. The van der Waals surface area contributed by atoms with Crippen molar-refractivity contribution in [1.82, 2.24) is 4.98 Å². The molecule has 0 N–H and O–H groups in total. The first-order valence-corrected chi connectivity index (χ1v) is 7.41. The highest BCUT2D eigenvalue weighted by Gasteiger charge is 2.25. The first-order valence-electron chi connectivity index (χ1n) is 6.62. The van der Waals surface area contributed by atoms with Gasteiger partial charge in [0.2, 0.25) is 5.88 Å². The second-order valence-corrected chi connectivity index (χ2v) is 5.95. The summed E-state index contributed by atoms with van der Waals surface area (Å²) in [6.45, 7) is 5.65. The van der Waals surface area contributed by atoms with Crippen molar-refractivity contribution >= 4 is 21.7 Å². The summed E-state index contributed by atoms with van der Waals surface area (Å²) in [6, 6.07) is 4.53. The van der Waals surface area contributed by atoms with Gasteiger partial charge in [-0.25, -0.2) is 0 Å². The van der Waals surface area contributed by atoms with Gasteiger partial charge in [0.25, 0.3) is 0 Å². The van der Waals surface area contributed by atoms with Crippen molar-refractivity contribution in [2.24, 2.45) is 5.92 Å². The molecule has 1 saturated heterocycles. The third kappa shape index (κ3) is 2.97. The molecule has 100 valence electrons. The fourth-order valence-electron chi connectivity index (χ4n) is 2.55. The van der Waals surface area contributed by atoms with Crippen LogP contribution in [-0.2, 0) is 0 Å². The van der Waals surface area contributed by atoms with Crippen LogP contribution in [0.4, 0.5) is 5.82 Å². The lowest BCUT2D eigenvalue weighted by Crippen LogP contribution is -2.42. The molecule has 1 aromatic heterocycles. The first-order chi connectivity index (χ1) is 8.63. The molecular weight excluding hydrogens is 292 g/mol. The molecule has 2 heterocycles. The molecular formula is C14H21BrN2O. The minimum Gasteiger partial charge on any atom is -0.481 e. The quantitative estimate of drug-likeness (QED) is 0.847. The van der Waals surface area contributed by atoms with Gasteiger partial charge in [-0.3, -0.25) is 0 Å². The molecule has 0 bridgehead atoms. The molecule has 0 spiro atoms. The van der Waals surface area contributed by atoms with Crippen LogP contribution in [0.1, 0.15) is 33.1 Å². The van der Waals surface area contributed by atoms with Crippen molar-refractivity contribution in [3.05, 3.63) is 16.6 Å². The number of halogens is 1. The SMILES string of the molecule is CC[C@@H]1CC[C@@H](C)N(c2cc(Br)cc(OC)n2)C1. The molecule has 0 radical (unpaired) electrons. The topological polar surface area (TPSA) is 25.4 Å². The molecule has 2 rings (SSSR count). The zero-order valence-corrected chi connectivity index (χ0v) is 12.9. The molecule has 1 aliphatic heterocycles.